The minimum Gasteiger partial charge on any atom is -0.339 e. The average Bonchev–Trinajstić information content (AvgIpc) is 2.98. The zero-order valence-electron chi connectivity index (χ0n) is 9.93. The normalized spacial score (nSPS) is 23.4. The first-order chi connectivity index (χ1) is 8.74. The number of pyridine rings is 1. The molecule has 3 heterocycles. The fraction of sp³-hybridized carbons (Fsp3) is 0.417. The van der Waals surface area contributed by atoms with E-state index in [1.54, 1.807) is 6.07 Å². The highest BCUT2D eigenvalue weighted by molar-refractivity contribution is 5.47. The number of rotatable bonds is 2. The summed E-state index contributed by atoms with van der Waals surface area (Å²) in [6, 6.07) is 2.87. The maximum atomic E-state index is 12.8. The molecule has 5 nitrogen and oxygen atoms in total. The van der Waals surface area contributed by atoms with Crippen LogP contribution in [0.2, 0.25) is 0 Å². The van der Waals surface area contributed by atoms with Crippen LogP contribution in [0.25, 0.3) is 11.5 Å². The van der Waals surface area contributed by atoms with Gasteiger partial charge in [-0.2, -0.15) is 4.98 Å². The van der Waals surface area contributed by atoms with Gasteiger partial charge in [0.25, 0.3) is 0 Å². The predicted octanol–water partition coefficient (Wildman–Crippen LogP) is 1.59. The third-order valence-corrected chi connectivity index (χ3v) is 3.23. The Hall–Kier alpha value is -1.82. The number of hydrogen-bond acceptors (Lipinski definition) is 5. The van der Waals surface area contributed by atoms with Crippen LogP contribution in [-0.2, 0) is 0 Å². The number of halogens is 1. The van der Waals surface area contributed by atoms with Crippen molar-refractivity contribution in [1.29, 1.82) is 0 Å². The van der Waals surface area contributed by atoms with Gasteiger partial charge in [-0.15, -0.1) is 0 Å². The van der Waals surface area contributed by atoms with Gasteiger partial charge in [0.1, 0.15) is 11.5 Å². The van der Waals surface area contributed by atoms with Crippen LogP contribution in [0.4, 0.5) is 4.39 Å². The summed E-state index contributed by atoms with van der Waals surface area (Å²) in [5, 5.41) is 7.18. The minimum absolute atomic E-state index is 0.242. The van der Waals surface area contributed by atoms with Crippen molar-refractivity contribution in [3.8, 4) is 11.5 Å². The number of aromatic nitrogens is 3. The monoisotopic (exact) mass is 248 g/mol. The van der Waals surface area contributed by atoms with Gasteiger partial charge in [-0.25, -0.2) is 9.37 Å². The molecule has 1 fully saturated rings. The van der Waals surface area contributed by atoms with Gasteiger partial charge in [-0.05, 0) is 24.6 Å². The highest BCUT2D eigenvalue weighted by atomic mass is 19.1. The Morgan fingerprint density at radius 2 is 2.28 bits per heavy atom. The molecule has 0 aliphatic carbocycles. The lowest BCUT2D eigenvalue weighted by molar-refractivity contribution is 0.340. The highest BCUT2D eigenvalue weighted by Crippen LogP contribution is 2.27. The predicted molar refractivity (Wildman–Crippen MR) is 62.3 cm³/mol. The fourth-order valence-corrected chi connectivity index (χ4v) is 2.14. The van der Waals surface area contributed by atoms with Gasteiger partial charge in [0.05, 0.1) is 12.1 Å². The fourth-order valence-electron chi connectivity index (χ4n) is 2.14. The van der Waals surface area contributed by atoms with E-state index in [1.807, 2.05) is 0 Å². The molecular weight excluding hydrogens is 235 g/mol. The zero-order chi connectivity index (χ0) is 12.5. The molecule has 1 N–H and O–H groups in total. The van der Waals surface area contributed by atoms with Crippen molar-refractivity contribution in [3.63, 3.8) is 0 Å². The topological polar surface area (TPSA) is 63.8 Å². The summed E-state index contributed by atoms with van der Waals surface area (Å²) in [5.74, 6) is 1.36. The molecule has 18 heavy (non-hydrogen) atoms. The van der Waals surface area contributed by atoms with Crippen molar-refractivity contribution >= 4 is 0 Å². The Kier molecular flexibility index (Phi) is 2.79. The zero-order valence-corrected chi connectivity index (χ0v) is 9.93. The van der Waals surface area contributed by atoms with Gasteiger partial charge in [0.15, 0.2) is 0 Å². The smallest absolute Gasteiger partial charge is 0.231 e. The highest BCUT2D eigenvalue weighted by Gasteiger charge is 2.29. The molecule has 94 valence electrons. The molecule has 2 aromatic heterocycles. The molecule has 0 spiro atoms. The van der Waals surface area contributed by atoms with Crippen molar-refractivity contribution in [1.82, 2.24) is 20.4 Å². The Morgan fingerprint density at radius 1 is 1.39 bits per heavy atom. The van der Waals surface area contributed by atoms with Crippen LogP contribution < -0.4 is 5.32 Å². The molecule has 6 heteroatoms. The quantitative estimate of drug-likeness (QED) is 0.874. The first-order valence-corrected chi connectivity index (χ1v) is 5.90. The lowest BCUT2D eigenvalue weighted by Crippen LogP contribution is -2.08. The van der Waals surface area contributed by atoms with Gasteiger partial charge in [-0.3, -0.25) is 0 Å². The van der Waals surface area contributed by atoms with E-state index in [9.17, 15) is 4.39 Å². The number of nitrogens with one attached hydrogen (secondary N) is 1. The summed E-state index contributed by atoms with van der Waals surface area (Å²) in [5.41, 5.74) is 0.519. The van der Waals surface area contributed by atoms with Gasteiger partial charge in [0, 0.05) is 6.54 Å². The standard InChI is InChI=1S/C12H13FN4O/c1-7-4-14-6-9(7)12-16-11(17-18-12)10-3-2-8(13)5-15-10/h2-3,5,7,9,14H,4,6H2,1H3. The first-order valence-electron chi connectivity index (χ1n) is 5.90. The molecule has 0 radical (unpaired) electrons. The van der Waals surface area contributed by atoms with E-state index in [2.05, 4.69) is 27.4 Å². The Labute approximate surface area is 103 Å². The van der Waals surface area contributed by atoms with Crippen LogP contribution in [0.1, 0.15) is 18.7 Å². The van der Waals surface area contributed by atoms with Crippen molar-refractivity contribution in [3.05, 3.63) is 30.0 Å². The molecule has 2 aromatic rings. The van der Waals surface area contributed by atoms with Crippen LogP contribution in [0.3, 0.4) is 0 Å². The van der Waals surface area contributed by atoms with Gasteiger partial charge in [-0.1, -0.05) is 12.1 Å². The molecule has 0 amide bonds. The van der Waals surface area contributed by atoms with Crippen LogP contribution in [0.15, 0.2) is 22.9 Å². The lowest BCUT2D eigenvalue weighted by Gasteiger charge is -2.07. The molecule has 3 rings (SSSR count). The Morgan fingerprint density at radius 3 is 2.94 bits per heavy atom. The third kappa shape index (κ3) is 1.99. The summed E-state index contributed by atoms with van der Waals surface area (Å²) in [4.78, 5) is 8.27. The molecule has 2 unspecified atom stereocenters. The summed E-state index contributed by atoms with van der Waals surface area (Å²) in [6.45, 7) is 3.95. The second-order valence-corrected chi connectivity index (χ2v) is 4.56. The maximum absolute atomic E-state index is 12.8. The van der Waals surface area contributed by atoms with E-state index >= 15 is 0 Å². The molecule has 2 atom stereocenters. The van der Waals surface area contributed by atoms with Gasteiger partial charge in [0.2, 0.25) is 11.7 Å². The van der Waals surface area contributed by atoms with Crippen LogP contribution in [0, 0.1) is 11.7 Å². The summed E-state index contributed by atoms with van der Waals surface area (Å²) >= 11 is 0. The Bertz CT molecular complexity index is 539. The second-order valence-electron chi connectivity index (χ2n) is 4.56. The molecule has 1 aliphatic rings. The molecule has 1 saturated heterocycles. The largest absolute Gasteiger partial charge is 0.339 e. The Balaban J connectivity index is 1.87. The SMILES string of the molecule is CC1CNCC1c1nc(-c2ccc(F)cn2)no1. The van der Waals surface area contributed by atoms with Gasteiger partial charge >= 0.3 is 0 Å². The summed E-state index contributed by atoms with van der Waals surface area (Å²) in [7, 11) is 0. The number of nitrogens with zero attached hydrogens (tertiary/aromatic N) is 3. The minimum atomic E-state index is -0.379. The summed E-state index contributed by atoms with van der Waals surface area (Å²) < 4.78 is 18.0. The summed E-state index contributed by atoms with van der Waals surface area (Å²) in [6.07, 6.45) is 1.14. The molecule has 1 aliphatic heterocycles. The second kappa shape index (κ2) is 4.45. The van der Waals surface area contributed by atoms with E-state index in [0.29, 0.717) is 23.3 Å². The molecule has 0 aromatic carbocycles. The van der Waals surface area contributed by atoms with Crippen molar-refractivity contribution in [2.45, 2.75) is 12.8 Å². The van der Waals surface area contributed by atoms with E-state index in [-0.39, 0.29) is 11.7 Å². The average molecular weight is 248 g/mol. The third-order valence-electron chi connectivity index (χ3n) is 3.23. The van der Waals surface area contributed by atoms with E-state index in [1.165, 1.54) is 6.07 Å². The first kappa shape index (κ1) is 11.3. The lowest BCUT2D eigenvalue weighted by atomic mass is 9.98. The van der Waals surface area contributed by atoms with Crippen molar-refractivity contribution in [2.75, 3.05) is 13.1 Å². The van der Waals surface area contributed by atoms with E-state index in [0.717, 1.165) is 19.3 Å². The van der Waals surface area contributed by atoms with Gasteiger partial charge < -0.3 is 9.84 Å². The molecular formula is C12H13FN4O. The van der Waals surface area contributed by atoms with Crippen molar-refractivity contribution in [2.24, 2.45) is 5.92 Å². The molecule has 0 saturated carbocycles. The van der Waals surface area contributed by atoms with E-state index < -0.39 is 0 Å². The molecule has 0 bridgehead atoms. The van der Waals surface area contributed by atoms with E-state index in [4.69, 9.17) is 4.52 Å². The van der Waals surface area contributed by atoms with Crippen LogP contribution >= 0.6 is 0 Å². The number of hydrogen-bond donors (Lipinski definition) is 1. The maximum Gasteiger partial charge on any atom is 0.231 e. The van der Waals surface area contributed by atoms with Crippen molar-refractivity contribution < 1.29 is 8.91 Å². The van der Waals surface area contributed by atoms with Crippen LogP contribution in [-0.4, -0.2) is 28.2 Å². The van der Waals surface area contributed by atoms with Crippen LogP contribution in [0.5, 0.6) is 0 Å².